The van der Waals surface area contributed by atoms with Crippen LogP contribution in [-0.2, 0) is 24.5 Å². The number of hydrogen-bond donors (Lipinski definition) is 1. The lowest BCUT2D eigenvalue weighted by Gasteiger charge is -2.32. The minimum absolute atomic E-state index is 0.00119. The predicted molar refractivity (Wildman–Crippen MR) is 77.8 cm³/mol. The summed E-state index contributed by atoms with van der Waals surface area (Å²) in [7, 11) is -3.68. The van der Waals surface area contributed by atoms with Crippen molar-refractivity contribution in [2.24, 2.45) is 11.7 Å². The smallest absolute Gasteiger partial charge is 0.282 e. The fourth-order valence-corrected chi connectivity index (χ4v) is 4.22. The van der Waals surface area contributed by atoms with Crippen LogP contribution < -0.4 is 5.73 Å². The molecule has 0 saturated carbocycles. The zero-order valence-electron chi connectivity index (χ0n) is 12.6. The molecule has 1 atom stereocenters. The van der Waals surface area contributed by atoms with E-state index in [0.29, 0.717) is 13.2 Å². The molecule has 2 N–H and O–H groups in total. The summed E-state index contributed by atoms with van der Waals surface area (Å²) in [5, 5.41) is 0. The van der Waals surface area contributed by atoms with Crippen molar-refractivity contribution in [2.45, 2.75) is 6.92 Å². The summed E-state index contributed by atoms with van der Waals surface area (Å²) in [5.41, 5.74) is 5.35. The molecule has 0 aromatic carbocycles. The first-order valence-corrected chi connectivity index (χ1v) is 8.60. The second-order valence-corrected chi connectivity index (χ2v) is 7.37. The lowest BCUT2D eigenvalue weighted by Crippen LogP contribution is -2.50. The van der Waals surface area contributed by atoms with Crippen LogP contribution in [0.3, 0.4) is 0 Å². The number of nitrogens with two attached hydrogens (primary N) is 1. The molecule has 0 aromatic rings. The number of primary amides is 1. The van der Waals surface area contributed by atoms with Crippen LogP contribution in [0.1, 0.15) is 6.92 Å². The summed E-state index contributed by atoms with van der Waals surface area (Å²) in [6.45, 7) is 3.24. The molecule has 0 aliphatic carbocycles. The highest BCUT2D eigenvalue weighted by Gasteiger charge is 2.36. The Morgan fingerprint density at radius 1 is 1.05 bits per heavy atom. The van der Waals surface area contributed by atoms with Crippen molar-refractivity contribution >= 4 is 22.0 Å². The van der Waals surface area contributed by atoms with Crippen LogP contribution in [0.4, 0.5) is 0 Å². The molecule has 0 spiro atoms. The predicted octanol–water partition coefficient (Wildman–Crippen LogP) is -2.17. The Labute approximate surface area is 130 Å². The van der Waals surface area contributed by atoms with Gasteiger partial charge in [-0.05, 0) is 0 Å². The maximum absolute atomic E-state index is 12.7. The lowest BCUT2D eigenvalue weighted by atomic mass is 10.1. The van der Waals surface area contributed by atoms with Crippen LogP contribution >= 0.6 is 0 Å². The third-order valence-corrected chi connectivity index (χ3v) is 5.96. The summed E-state index contributed by atoms with van der Waals surface area (Å²) in [5.74, 6) is -1.51. The van der Waals surface area contributed by atoms with Gasteiger partial charge >= 0.3 is 0 Å². The molecule has 2 rings (SSSR count). The Balaban J connectivity index is 2.18. The number of ether oxygens (including phenoxy) is 1. The molecule has 0 aromatic heterocycles. The molecular weight excluding hydrogens is 312 g/mol. The molecular formula is C12H22N4O5S. The third kappa shape index (κ3) is 3.75. The van der Waals surface area contributed by atoms with E-state index in [-0.39, 0.29) is 45.2 Å². The maximum Gasteiger partial charge on any atom is 0.282 e. The van der Waals surface area contributed by atoms with Crippen molar-refractivity contribution in [1.29, 1.82) is 0 Å². The van der Waals surface area contributed by atoms with E-state index in [1.807, 2.05) is 0 Å². The number of morpholine rings is 1. The number of rotatable bonds is 3. The van der Waals surface area contributed by atoms with E-state index in [0.717, 1.165) is 0 Å². The number of nitrogens with zero attached hydrogens (tertiary/aromatic N) is 3. The van der Waals surface area contributed by atoms with Crippen molar-refractivity contribution < 1.29 is 22.7 Å². The van der Waals surface area contributed by atoms with Gasteiger partial charge in [0.1, 0.15) is 0 Å². The van der Waals surface area contributed by atoms with Gasteiger partial charge in [-0.25, -0.2) is 0 Å². The normalized spacial score (nSPS) is 25.7. The number of amides is 2. The van der Waals surface area contributed by atoms with Gasteiger partial charge in [-0.3, -0.25) is 9.59 Å². The highest BCUT2D eigenvalue weighted by atomic mass is 32.2. The molecule has 9 nitrogen and oxygen atoms in total. The van der Waals surface area contributed by atoms with Gasteiger partial charge in [0.05, 0.1) is 19.1 Å². The molecule has 0 bridgehead atoms. The van der Waals surface area contributed by atoms with Gasteiger partial charge in [-0.1, -0.05) is 0 Å². The molecule has 2 saturated heterocycles. The summed E-state index contributed by atoms with van der Waals surface area (Å²) in [6.07, 6.45) is 0. The molecule has 0 unspecified atom stereocenters. The van der Waals surface area contributed by atoms with E-state index in [9.17, 15) is 18.0 Å². The second kappa shape index (κ2) is 6.90. The van der Waals surface area contributed by atoms with Gasteiger partial charge in [0.25, 0.3) is 10.2 Å². The maximum atomic E-state index is 12.7. The summed E-state index contributed by atoms with van der Waals surface area (Å²) < 4.78 is 33.1. The van der Waals surface area contributed by atoms with Crippen LogP contribution in [0.25, 0.3) is 0 Å². The van der Waals surface area contributed by atoms with Crippen LogP contribution in [0.5, 0.6) is 0 Å². The van der Waals surface area contributed by atoms with E-state index in [4.69, 9.17) is 10.5 Å². The summed E-state index contributed by atoms with van der Waals surface area (Å²) in [6, 6.07) is 0. The van der Waals surface area contributed by atoms with E-state index in [1.165, 1.54) is 20.4 Å². The highest BCUT2D eigenvalue weighted by molar-refractivity contribution is 7.86. The number of hydrogen-bond acceptors (Lipinski definition) is 5. The fourth-order valence-electron chi connectivity index (χ4n) is 2.60. The molecule has 10 heteroatoms. The van der Waals surface area contributed by atoms with Crippen LogP contribution in [0, 0.1) is 5.92 Å². The molecule has 2 fully saturated rings. The van der Waals surface area contributed by atoms with Crippen LogP contribution in [0.2, 0.25) is 0 Å². The van der Waals surface area contributed by atoms with Crippen molar-refractivity contribution in [1.82, 2.24) is 13.5 Å². The van der Waals surface area contributed by atoms with Crippen molar-refractivity contribution in [2.75, 3.05) is 52.5 Å². The quantitative estimate of drug-likeness (QED) is 0.631. The molecule has 2 aliphatic heterocycles. The standard InChI is InChI=1S/C12H22N4O5S/c1-10(17)14-2-3-16(9-11(8-14)12(13)18)22(19,20)15-4-6-21-7-5-15/h11H,2-9H2,1H3,(H2,13,18)/t11-/m0/s1. The fraction of sp³-hybridized carbons (Fsp3) is 0.833. The average Bonchev–Trinajstić information content (AvgIpc) is 2.71. The summed E-state index contributed by atoms with van der Waals surface area (Å²) >= 11 is 0. The molecule has 126 valence electrons. The Hall–Kier alpha value is -1.23. The number of carbonyl (C=O) groups excluding carboxylic acids is 2. The zero-order chi connectivity index (χ0) is 16.3. The van der Waals surface area contributed by atoms with Crippen LogP contribution in [0.15, 0.2) is 0 Å². The average molecular weight is 334 g/mol. The Morgan fingerprint density at radius 2 is 1.68 bits per heavy atom. The SMILES string of the molecule is CC(=O)N1CCN(S(=O)(=O)N2CCOCC2)C[C@@H](C(N)=O)C1. The van der Waals surface area contributed by atoms with Gasteiger partial charge in [0, 0.05) is 46.2 Å². The zero-order valence-corrected chi connectivity index (χ0v) is 13.4. The topological polar surface area (TPSA) is 113 Å². The molecule has 2 amide bonds. The largest absolute Gasteiger partial charge is 0.379 e. The molecule has 22 heavy (non-hydrogen) atoms. The first kappa shape index (κ1) is 17.1. The van der Waals surface area contributed by atoms with E-state index in [2.05, 4.69) is 0 Å². The van der Waals surface area contributed by atoms with Gasteiger partial charge < -0.3 is 15.4 Å². The van der Waals surface area contributed by atoms with Crippen molar-refractivity contribution in [3.63, 3.8) is 0 Å². The first-order valence-electron chi connectivity index (χ1n) is 7.20. The van der Waals surface area contributed by atoms with Crippen molar-refractivity contribution in [3.8, 4) is 0 Å². The van der Waals surface area contributed by atoms with E-state index < -0.39 is 22.0 Å². The first-order chi connectivity index (χ1) is 10.3. The Bertz CT molecular complexity index is 532. The monoisotopic (exact) mass is 334 g/mol. The highest BCUT2D eigenvalue weighted by Crippen LogP contribution is 2.17. The van der Waals surface area contributed by atoms with Gasteiger partial charge in [-0.15, -0.1) is 0 Å². The second-order valence-electron chi connectivity index (χ2n) is 5.44. The van der Waals surface area contributed by atoms with Crippen LogP contribution in [-0.4, -0.2) is 86.2 Å². The Kier molecular flexibility index (Phi) is 5.37. The molecule has 2 heterocycles. The third-order valence-electron chi connectivity index (χ3n) is 3.95. The summed E-state index contributed by atoms with van der Waals surface area (Å²) in [4.78, 5) is 24.6. The minimum Gasteiger partial charge on any atom is -0.379 e. The number of carbonyl (C=O) groups is 2. The van der Waals surface area contributed by atoms with Gasteiger partial charge in [-0.2, -0.15) is 17.0 Å². The minimum atomic E-state index is -3.68. The Morgan fingerprint density at radius 3 is 2.23 bits per heavy atom. The van der Waals surface area contributed by atoms with Gasteiger partial charge in [0.2, 0.25) is 11.8 Å². The molecule has 0 radical (unpaired) electrons. The lowest BCUT2D eigenvalue weighted by molar-refractivity contribution is -0.130. The van der Waals surface area contributed by atoms with E-state index >= 15 is 0 Å². The molecule has 2 aliphatic rings. The van der Waals surface area contributed by atoms with Crippen molar-refractivity contribution in [3.05, 3.63) is 0 Å². The van der Waals surface area contributed by atoms with E-state index in [1.54, 1.807) is 0 Å². The van der Waals surface area contributed by atoms with Gasteiger partial charge in [0.15, 0.2) is 0 Å².